The molecule has 4 heteroatoms. The van der Waals surface area contributed by atoms with Crippen LogP contribution in [0.25, 0.3) is 5.69 Å². The summed E-state index contributed by atoms with van der Waals surface area (Å²) in [6.07, 6.45) is 5.33. The van der Waals surface area contributed by atoms with Crippen molar-refractivity contribution in [2.75, 3.05) is 0 Å². The summed E-state index contributed by atoms with van der Waals surface area (Å²) in [5.41, 5.74) is 2.07. The Hall–Kier alpha value is -1.35. The molecule has 3 nitrogen and oxygen atoms in total. The molecule has 0 aliphatic rings. The lowest BCUT2D eigenvalue weighted by atomic mass is 10.2. The van der Waals surface area contributed by atoms with Gasteiger partial charge in [0.25, 0.3) is 0 Å². The molecule has 0 aliphatic heterocycles. The summed E-state index contributed by atoms with van der Waals surface area (Å²) in [6, 6.07) is 3.68. The first-order valence-corrected chi connectivity index (χ1v) is 4.27. The topological polar surface area (TPSA) is 30.7 Å². The van der Waals surface area contributed by atoms with Crippen LogP contribution in [0.5, 0.6) is 0 Å². The van der Waals surface area contributed by atoms with Crippen LogP contribution in [0.2, 0.25) is 5.15 Å². The van der Waals surface area contributed by atoms with Crippen molar-refractivity contribution in [3.63, 3.8) is 0 Å². The standard InChI is InChI=1S/C9H8ClN3/c1-7-2-4-11-6-8(7)13-5-3-9(10)12-13/h2-6H,1H3. The van der Waals surface area contributed by atoms with Crippen LogP contribution >= 0.6 is 11.6 Å². The third kappa shape index (κ3) is 1.55. The van der Waals surface area contributed by atoms with E-state index in [-0.39, 0.29) is 0 Å². The average Bonchev–Trinajstić information content (AvgIpc) is 2.53. The van der Waals surface area contributed by atoms with Crippen molar-refractivity contribution in [1.82, 2.24) is 14.8 Å². The van der Waals surface area contributed by atoms with Gasteiger partial charge in [-0.3, -0.25) is 4.98 Å². The zero-order chi connectivity index (χ0) is 9.26. The molecule has 0 aliphatic carbocycles. The highest BCUT2D eigenvalue weighted by Crippen LogP contribution is 2.12. The minimum Gasteiger partial charge on any atom is -0.262 e. The highest BCUT2D eigenvalue weighted by molar-refractivity contribution is 6.29. The summed E-state index contributed by atoms with van der Waals surface area (Å²) in [5, 5.41) is 4.57. The van der Waals surface area contributed by atoms with E-state index >= 15 is 0 Å². The van der Waals surface area contributed by atoms with E-state index in [2.05, 4.69) is 10.1 Å². The Morgan fingerprint density at radius 1 is 1.38 bits per heavy atom. The number of hydrogen-bond donors (Lipinski definition) is 0. The highest BCUT2D eigenvalue weighted by Gasteiger charge is 2.01. The first kappa shape index (κ1) is 8.26. The van der Waals surface area contributed by atoms with Crippen molar-refractivity contribution in [3.05, 3.63) is 41.4 Å². The molecule has 0 aromatic carbocycles. The molecule has 0 bridgehead atoms. The van der Waals surface area contributed by atoms with Gasteiger partial charge < -0.3 is 0 Å². The SMILES string of the molecule is Cc1ccncc1-n1ccc(Cl)n1. The number of halogens is 1. The Kier molecular flexibility index (Phi) is 2.02. The predicted molar refractivity (Wildman–Crippen MR) is 51.1 cm³/mol. The molecule has 2 aromatic rings. The molecule has 66 valence electrons. The minimum absolute atomic E-state index is 0.489. The summed E-state index contributed by atoms with van der Waals surface area (Å²) in [7, 11) is 0. The van der Waals surface area contributed by atoms with Crippen molar-refractivity contribution in [2.24, 2.45) is 0 Å². The van der Waals surface area contributed by atoms with Crippen LogP contribution in [0.4, 0.5) is 0 Å². The van der Waals surface area contributed by atoms with Gasteiger partial charge in [-0.05, 0) is 24.6 Å². The molecule has 0 spiro atoms. The number of rotatable bonds is 1. The van der Waals surface area contributed by atoms with Gasteiger partial charge in [-0.25, -0.2) is 4.68 Å². The van der Waals surface area contributed by atoms with E-state index in [1.807, 2.05) is 19.2 Å². The van der Waals surface area contributed by atoms with E-state index in [0.717, 1.165) is 11.3 Å². The van der Waals surface area contributed by atoms with Gasteiger partial charge in [0.2, 0.25) is 0 Å². The van der Waals surface area contributed by atoms with Gasteiger partial charge in [-0.15, -0.1) is 0 Å². The van der Waals surface area contributed by atoms with Crippen LogP contribution in [0.15, 0.2) is 30.7 Å². The molecule has 0 radical (unpaired) electrons. The van der Waals surface area contributed by atoms with Gasteiger partial charge in [-0.2, -0.15) is 5.10 Å². The number of aryl methyl sites for hydroxylation is 1. The highest BCUT2D eigenvalue weighted by atomic mass is 35.5. The molecule has 2 heterocycles. The molecule has 0 N–H and O–H groups in total. The van der Waals surface area contributed by atoms with Crippen LogP contribution in [-0.4, -0.2) is 14.8 Å². The maximum atomic E-state index is 5.71. The lowest BCUT2D eigenvalue weighted by molar-refractivity contribution is 0.866. The number of pyridine rings is 1. The van der Waals surface area contributed by atoms with Crippen molar-refractivity contribution < 1.29 is 0 Å². The van der Waals surface area contributed by atoms with E-state index in [0.29, 0.717) is 5.15 Å². The molecule has 13 heavy (non-hydrogen) atoms. The molecule has 0 atom stereocenters. The lowest BCUT2D eigenvalue weighted by Gasteiger charge is -2.02. The maximum Gasteiger partial charge on any atom is 0.151 e. The second-order valence-corrected chi connectivity index (χ2v) is 3.13. The van der Waals surface area contributed by atoms with Gasteiger partial charge in [0.05, 0.1) is 11.9 Å². The lowest BCUT2D eigenvalue weighted by Crippen LogP contribution is -1.97. The molecule has 2 aromatic heterocycles. The van der Waals surface area contributed by atoms with Crippen molar-refractivity contribution in [1.29, 1.82) is 0 Å². The molecular formula is C9H8ClN3. The minimum atomic E-state index is 0.489. The van der Waals surface area contributed by atoms with E-state index in [1.165, 1.54) is 0 Å². The molecule has 0 unspecified atom stereocenters. The summed E-state index contributed by atoms with van der Waals surface area (Å²) in [6.45, 7) is 2.01. The van der Waals surface area contributed by atoms with E-state index in [9.17, 15) is 0 Å². The Bertz CT molecular complexity index is 422. The fourth-order valence-electron chi connectivity index (χ4n) is 1.13. The van der Waals surface area contributed by atoms with Crippen molar-refractivity contribution in [3.8, 4) is 5.69 Å². The predicted octanol–water partition coefficient (Wildman–Crippen LogP) is 2.23. The van der Waals surface area contributed by atoms with Crippen LogP contribution in [0, 0.1) is 6.92 Å². The van der Waals surface area contributed by atoms with Gasteiger partial charge in [0, 0.05) is 12.4 Å². The number of nitrogens with zero attached hydrogens (tertiary/aromatic N) is 3. The smallest absolute Gasteiger partial charge is 0.151 e. The number of aromatic nitrogens is 3. The number of hydrogen-bond acceptors (Lipinski definition) is 2. The first-order chi connectivity index (χ1) is 6.27. The zero-order valence-corrected chi connectivity index (χ0v) is 7.86. The quantitative estimate of drug-likeness (QED) is 0.696. The Morgan fingerprint density at radius 2 is 2.23 bits per heavy atom. The Labute approximate surface area is 81.0 Å². The molecule has 0 saturated heterocycles. The van der Waals surface area contributed by atoms with Gasteiger partial charge in [0.15, 0.2) is 5.15 Å². The molecule has 2 rings (SSSR count). The third-order valence-electron chi connectivity index (χ3n) is 1.81. The zero-order valence-electron chi connectivity index (χ0n) is 7.11. The molecule has 0 fully saturated rings. The van der Waals surface area contributed by atoms with Crippen LogP contribution in [0.1, 0.15) is 5.56 Å². The Balaban J connectivity index is 2.52. The van der Waals surface area contributed by atoms with E-state index < -0.39 is 0 Å². The maximum absolute atomic E-state index is 5.71. The largest absolute Gasteiger partial charge is 0.262 e. The Morgan fingerprint density at radius 3 is 2.85 bits per heavy atom. The summed E-state index contributed by atoms with van der Waals surface area (Å²) >= 11 is 5.71. The molecule has 0 amide bonds. The van der Waals surface area contributed by atoms with Crippen LogP contribution in [-0.2, 0) is 0 Å². The normalized spacial score (nSPS) is 10.3. The third-order valence-corrected chi connectivity index (χ3v) is 2.02. The van der Waals surface area contributed by atoms with E-state index in [4.69, 9.17) is 11.6 Å². The van der Waals surface area contributed by atoms with Crippen LogP contribution in [0.3, 0.4) is 0 Å². The summed E-state index contributed by atoms with van der Waals surface area (Å²) < 4.78 is 1.71. The summed E-state index contributed by atoms with van der Waals surface area (Å²) in [5.74, 6) is 0. The van der Waals surface area contributed by atoms with Gasteiger partial charge in [0.1, 0.15) is 0 Å². The monoisotopic (exact) mass is 193 g/mol. The van der Waals surface area contributed by atoms with Gasteiger partial charge >= 0.3 is 0 Å². The molecule has 0 saturated carbocycles. The molecular weight excluding hydrogens is 186 g/mol. The first-order valence-electron chi connectivity index (χ1n) is 3.89. The van der Waals surface area contributed by atoms with Crippen molar-refractivity contribution >= 4 is 11.6 Å². The average molecular weight is 194 g/mol. The second kappa shape index (κ2) is 3.18. The van der Waals surface area contributed by atoms with Crippen molar-refractivity contribution in [2.45, 2.75) is 6.92 Å². The fourth-order valence-corrected chi connectivity index (χ4v) is 1.27. The fraction of sp³-hybridized carbons (Fsp3) is 0.111. The summed E-state index contributed by atoms with van der Waals surface area (Å²) in [4.78, 5) is 4.03. The van der Waals surface area contributed by atoms with Crippen LogP contribution < -0.4 is 0 Å². The second-order valence-electron chi connectivity index (χ2n) is 2.75. The van der Waals surface area contributed by atoms with E-state index in [1.54, 1.807) is 23.1 Å². The van der Waals surface area contributed by atoms with Gasteiger partial charge in [-0.1, -0.05) is 11.6 Å².